The molecule has 0 amide bonds. The Labute approximate surface area is 164 Å². The van der Waals surface area contributed by atoms with Gasteiger partial charge in [0.05, 0.1) is 18.6 Å². The van der Waals surface area contributed by atoms with Gasteiger partial charge in [0.1, 0.15) is 5.58 Å². The fourth-order valence-corrected chi connectivity index (χ4v) is 2.86. The maximum absolute atomic E-state index is 12.5. The second kappa shape index (κ2) is 9.31. The zero-order valence-electron chi connectivity index (χ0n) is 16.4. The third kappa shape index (κ3) is 4.30. The van der Waals surface area contributed by atoms with E-state index in [0.717, 1.165) is 25.7 Å². The van der Waals surface area contributed by atoms with E-state index in [2.05, 4.69) is 13.8 Å². The van der Waals surface area contributed by atoms with Crippen LogP contribution in [0.1, 0.15) is 39.5 Å². The van der Waals surface area contributed by atoms with Gasteiger partial charge in [0.25, 0.3) is 0 Å². The highest BCUT2D eigenvalue weighted by Crippen LogP contribution is 2.36. The summed E-state index contributed by atoms with van der Waals surface area (Å²) in [5.74, 6) is 0.954. The third-order valence-electron chi connectivity index (χ3n) is 4.49. The Morgan fingerprint density at radius 1 is 0.929 bits per heavy atom. The fraction of sp³-hybridized carbons (Fsp3) is 0.348. The van der Waals surface area contributed by atoms with Crippen molar-refractivity contribution in [2.75, 3.05) is 13.2 Å². The van der Waals surface area contributed by atoms with Crippen LogP contribution < -0.4 is 14.9 Å². The highest BCUT2D eigenvalue weighted by atomic mass is 16.5. The van der Waals surface area contributed by atoms with Crippen molar-refractivity contribution in [3.05, 3.63) is 52.7 Å². The Bertz CT molecular complexity index is 990. The lowest BCUT2D eigenvalue weighted by Gasteiger charge is -2.14. The van der Waals surface area contributed by atoms with Crippen LogP contribution in [0.5, 0.6) is 17.2 Å². The molecule has 0 radical (unpaired) electrons. The van der Waals surface area contributed by atoms with Crippen molar-refractivity contribution in [3.63, 3.8) is 0 Å². The Morgan fingerprint density at radius 3 is 2.32 bits per heavy atom. The Hall–Kier alpha value is -2.95. The van der Waals surface area contributed by atoms with E-state index >= 15 is 0 Å². The monoisotopic (exact) mass is 382 g/mol. The molecule has 5 heteroatoms. The van der Waals surface area contributed by atoms with Crippen LogP contribution >= 0.6 is 0 Å². The largest absolute Gasteiger partial charge is 0.502 e. The van der Waals surface area contributed by atoms with Crippen molar-refractivity contribution in [3.8, 4) is 28.6 Å². The molecule has 0 saturated carbocycles. The van der Waals surface area contributed by atoms with Gasteiger partial charge in [-0.3, -0.25) is 4.79 Å². The topological polar surface area (TPSA) is 68.9 Å². The summed E-state index contributed by atoms with van der Waals surface area (Å²) in [4.78, 5) is 12.5. The maximum Gasteiger partial charge on any atom is 0.235 e. The van der Waals surface area contributed by atoms with Crippen LogP contribution in [0.3, 0.4) is 0 Å². The van der Waals surface area contributed by atoms with Gasteiger partial charge in [0.15, 0.2) is 17.3 Å². The van der Waals surface area contributed by atoms with Crippen LogP contribution in [0.4, 0.5) is 0 Å². The summed E-state index contributed by atoms with van der Waals surface area (Å²) in [6.45, 7) is 5.38. The zero-order valence-corrected chi connectivity index (χ0v) is 16.4. The summed E-state index contributed by atoms with van der Waals surface area (Å²) in [5.41, 5.74) is 0.542. The first kappa shape index (κ1) is 19.8. The Balaban J connectivity index is 2.01. The van der Waals surface area contributed by atoms with E-state index in [1.54, 1.807) is 42.5 Å². The van der Waals surface area contributed by atoms with Gasteiger partial charge in [0.2, 0.25) is 11.2 Å². The van der Waals surface area contributed by atoms with Crippen molar-refractivity contribution >= 4 is 11.0 Å². The molecule has 5 nitrogen and oxygen atoms in total. The number of para-hydroxylation sites is 1. The minimum absolute atomic E-state index is 0.129. The normalized spacial score (nSPS) is 10.9. The van der Waals surface area contributed by atoms with E-state index in [1.165, 1.54) is 0 Å². The molecule has 0 fully saturated rings. The summed E-state index contributed by atoms with van der Waals surface area (Å²) in [7, 11) is 0. The highest BCUT2D eigenvalue weighted by molar-refractivity contribution is 5.82. The number of ether oxygens (including phenoxy) is 2. The van der Waals surface area contributed by atoms with Crippen molar-refractivity contribution in [2.24, 2.45) is 0 Å². The molecular formula is C23H26O5. The number of hydrogen-bond donors (Lipinski definition) is 1. The molecule has 0 spiro atoms. The van der Waals surface area contributed by atoms with Gasteiger partial charge in [-0.15, -0.1) is 0 Å². The minimum Gasteiger partial charge on any atom is -0.502 e. The Kier molecular flexibility index (Phi) is 6.58. The first-order chi connectivity index (χ1) is 13.7. The summed E-state index contributed by atoms with van der Waals surface area (Å²) in [5, 5.41) is 10.8. The molecule has 0 unspecified atom stereocenters. The summed E-state index contributed by atoms with van der Waals surface area (Å²) in [6, 6.07) is 12.2. The highest BCUT2D eigenvalue weighted by Gasteiger charge is 2.17. The summed E-state index contributed by atoms with van der Waals surface area (Å²) in [6.07, 6.45) is 3.94. The lowest BCUT2D eigenvalue weighted by Crippen LogP contribution is -2.04. The summed E-state index contributed by atoms with van der Waals surface area (Å²) < 4.78 is 17.6. The molecule has 0 saturated heterocycles. The minimum atomic E-state index is -0.450. The van der Waals surface area contributed by atoms with Crippen molar-refractivity contribution in [1.29, 1.82) is 0 Å². The molecule has 2 aromatic carbocycles. The van der Waals surface area contributed by atoms with Gasteiger partial charge < -0.3 is 19.0 Å². The number of unbranched alkanes of at least 4 members (excludes halogenated alkanes) is 2. The van der Waals surface area contributed by atoms with Crippen LogP contribution in [0.25, 0.3) is 22.3 Å². The zero-order chi connectivity index (χ0) is 19.9. The van der Waals surface area contributed by atoms with Gasteiger partial charge in [0, 0.05) is 5.56 Å². The molecule has 3 rings (SSSR count). The molecular weight excluding hydrogens is 356 g/mol. The van der Waals surface area contributed by atoms with Crippen LogP contribution in [-0.2, 0) is 0 Å². The molecule has 0 bridgehead atoms. The van der Waals surface area contributed by atoms with Crippen molar-refractivity contribution in [1.82, 2.24) is 0 Å². The molecule has 1 aromatic heterocycles. The van der Waals surface area contributed by atoms with Crippen LogP contribution in [0.15, 0.2) is 51.7 Å². The number of hydrogen-bond acceptors (Lipinski definition) is 5. The molecule has 148 valence electrons. The third-order valence-corrected chi connectivity index (χ3v) is 4.49. The van der Waals surface area contributed by atoms with E-state index in [4.69, 9.17) is 13.9 Å². The van der Waals surface area contributed by atoms with E-state index in [9.17, 15) is 9.90 Å². The molecule has 28 heavy (non-hydrogen) atoms. The molecule has 0 atom stereocenters. The number of fused-ring (bicyclic) bond motifs is 1. The smallest absolute Gasteiger partial charge is 0.235 e. The number of aromatic hydroxyl groups is 1. The number of rotatable bonds is 9. The SMILES string of the molecule is CCCCOc1ccc(-c2oc3ccccc3c(=O)c2O)cc1OCCCC. The second-order valence-electron chi connectivity index (χ2n) is 6.67. The van der Waals surface area contributed by atoms with E-state index < -0.39 is 11.2 Å². The maximum atomic E-state index is 12.5. The quantitative estimate of drug-likeness (QED) is 0.493. The number of benzene rings is 2. The lowest BCUT2D eigenvalue weighted by molar-refractivity contribution is 0.262. The van der Waals surface area contributed by atoms with Crippen LogP contribution in [-0.4, -0.2) is 18.3 Å². The molecule has 0 aliphatic carbocycles. The van der Waals surface area contributed by atoms with E-state index in [0.29, 0.717) is 41.2 Å². The van der Waals surface area contributed by atoms with Gasteiger partial charge in [-0.2, -0.15) is 0 Å². The van der Waals surface area contributed by atoms with E-state index in [1.807, 2.05) is 0 Å². The standard InChI is InChI=1S/C23H26O5/c1-3-5-13-26-19-12-11-16(15-20(19)27-14-6-4-2)23-22(25)21(24)17-9-7-8-10-18(17)28-23/h7-12,15,25H,3-6,13-14H2,1-2H3. The van der Waals surface area contributed by atoms with Gasteiger partial charge in [-0.25, -0.2) is 0 Å². The lowest BCUT2D eigenvalue weighted by atomic mass is 10.1. The molecule has 1 N–H and O–H groups in total. The van der Waals surface area contributed by atoms with Crippen LogP contribution in [0, 0.1) is 0 Å². The predicted molar refractivity (Wildman–Crippen MR) is 110 cm³/mol. The first-order valence-electron chi connectivity index (χ1n) is 9.80. The van der Waals surface area contributed by atoms with Gasteiger partial charge in [-0.1, -0.05) is 38.8 Å². The van der Waals surface area contributed by atoms with E-state index in [-0.39, 0.29) is 5.76 Å². The molecule has 3 aromatic rings. The van der Waals surface area contributed by atoms with Crippen LogP contribution in [0.2, 0.25) is 0 Å². The fourth-order valence-electron chi connectivity index (χ4n) is 2.86. The van der Waals surface area contributed by atoms with Gasteiger partial charge in [-0.05, 0) is 43.2 Å². The first-order valence-corrected chi connectivity index (χ1v) is 9.80. The predicted octanol–water partition coefficient (Wildman–Crippen LogP) is 5.52. The average molecular weight is 382 g/mol. The van der Waals surface area contributed by atoms with Gasteiger partial charge >= 0.3 is 0 Å². The second-order valence-corrected chi connectivity index (χ2v) is 6.67. The van der Waals surface area contributed by atoms with Crippen molar-refractivity contribution in [2.45, 2.75) is 39.5 Å². The molecule has 0 aliphatic heterocycles. The Morgan fingerprint density at radius 2 is 1.61 bits per heavy atom. The average Bonchev–Trinajstić information content (AvgIpc) is 2.72. The van der Waals surface area contributed by atoms with Crippen molar-refractivity contribution < 1.29 is 19.0 Å². The molecule has 1 heterocycles. The molecule has 0 aliphatic rings. The summed E-state index contributed by atoms with van der Waals surface area (Å²) >= 11 is 0.